The van der Waals surface area contributed by atoms with Gasteiger partial charge in [0.2, 0.25) is 0 Å². The smallest absolute Gasteiger partial charge is 0.106 e. The molecule has 1 atom stereocenters. The molecule has 1 aromatic carbocycles. The first-order chi connectivity index (χ1) is 7.72. The number of hydrogen-bond donors (Lipinski definition) is 1. The van der Waals surface area contributed by atoms with E-state index in [1.165, 1.54) is 0 Å². The summed E-state index contributed by atoms with van der Waals surface area (Å²) in [6.45, 7) is 2.51. The Morgan fingerprint density at radius 1 is 1.38 bits per heavy atom. The van der Waals surface area contributed by atoms with E-state index in [1.54, 1.807) is 6.20 Å². The molecule has 2 aromatic rings. The van der Waals surface area contributed by atoms with E-state index < -0.39 is 0 Å². The van der Waals surface area contributed by atoms with Crippen LogP contribution in [-0.4, -0.2) is 16.1 Å². The van der Waals surface area contributed by atoms with Crippen molar-refractivity contribution in [2.45, 2.75) is 13.0 Å². The van der Waals surface area contributed by atoms with Gasteiger partial charge in [0.05, 0.1) is 6.04 Å². The summed E-state index contributed by atoms with van der Waals surface area (Å²) in [4.78, 5) is 4.21. The molecule has 1 aromatic heterocycles. The van der Waals surface area contributed by atoms with E-state index in [2.05, 4.69) is 9.55 Å². The predicted molar refractivity (Wildman–Crippen MR) is 65.6 cm³/mol. The summed E-state index contributed by atoms with van der Waals surface area (Å²) in [5.74, 6) is 0.963. The van der Waals surface area contributed by atoms with Crippen molar-refractivity contribution < 1.29 is 0 Å². The van der Waals surface area contributed by atoms with E-state index in [-0.39, 0.29) is 6.04 Å². The molecular formula is C12H14ClN3. The van der Waals surface area contributed by atoms with Gasteiger partial charge in [-0.3, -0.25) is 0 Å². The van der Waals surface area contributed by atoms with Gasteiger partial charge in [-0.15, -0.1) is 0 Å². The van der Waals surface area contributed by atoms with Gasteiger partial charge in [0, 0.05) is 24.0 Å². The van der Waals surface area contributed by atoms with Gasteiger partial charge >= 0.3 is 0 Å². The highest BCUT2D eigenvalue weighted by Crippen LogP contribution is 2.20. The largest absolute Gasteiger partial charge is 0.328 e. The molecule has 4 heteroatoms. The molecule has 0 aliphatic rings. The summed E-state index contributed by atoms with van der Waals surface area (Å²) in [5, 5.41) is 0.738. The molecule has 0 spiro atoms. The van der Waals surface area contributed by atoms with Crippen LogP contribution in [0.1, 0.15) is 17.4 Å². The zero-order valence-electron chi connectivity index (χ0n) is 9.10. The lowest BCUT2D eigenvalue weighted by atomic mass is 10.1. The Hall–Kier alpha value is -1.32. The van der Waals surface area contributed by atoms with Crippen molar-refractivity contribution in [1.82, 2.24) is 9.55 Å². The maximum absolute atomic E-state index is 5.87. The highest BCUT2D eigenvalue weighted by atomic mass is 35.5. The Bertz CT molecular complexity index is 461. The second-order valence-electron chi connectivity index (χ2n) is 3.68. The molecule has 0 amide bonds. The van der Waals surface area contributed by atoms with Gasteiger partial charge in [0.25, 0.3) is 0 Å². The third kappa shape index (κ3) is 2.10. The first-order valence-corrected chi connectivity index (χ1v) is 5.55. The number of hydrogen-bond acceptors (Lipinski definition) is 2. The monoisotopic (exact) mass is 235 g/mol. The number of imidazole rings is 1. The maximum Gasteiger partial charge on any atom is 0.106 e. The third-order valence-corrected chi connectivity index (χ3v) is 2.93. The van der Waals surface area contributed by atoms with Crippen LogP contribution >= 0.6 is 11.6 Å². The number of rotatable bonds is 3. The number of nitrogens with two attached hydrogens (primary N) is 1. The molecule has 0 fully saturated rings. The zero-order valence-corrected chi connectivity index (χ0v) is 9.85. The SMILES string of the molecule is Cc1nccn1C(CN)c1ccc(Cl)cc1. The van der Waals surface area contributed by atoms with Crippen molar-refractivity contribution >= 4 is 11.6 Å². The van der Waals surface area contributed by atoms with Crippen LogP contribution in [0.25, 0.3) is 0 Å². The van der Waals surface area contributed by atoms with Gasteiger partial charge in [-0.2, -0.15) is 0 Å². The molecule has 3 nitrogen and oxygen atoms in total. The Balaban J connectivity index is 2.37. The van der Waals surface area contributed by atoms with E-state index >= 15 is 0 Å². The van der Waals surface area contributed by atoms with Crippen molar-refractivity contribution in [2.24, 2.45) is 5.73 Å². The Kier molecular flexibility index (Phi) is 3.27. The number of nitrogens with zero attached hydrogens (tertiary/aromatic N) is 2. The van der Waals surface area contributed by atoms with Gasteiger partial charge in [0.15, 0.2) is 0 Å². The van der Waals surface area contributed by atoms with Crippen molar-refractivity contribution in [2.75, 3.05) is 6.54 Å². The Morgan fingerprint density at radius 3 is 2.56 bits per heavy atom. The van der Waals surface area contributed by atoms with Crippen LogP contribution < -0.4 is 5.73 Å². The maximum atomic E-state index is 5.87. The fraction of sp³-hybridized carbons (Fsp3) is 0.250. The summed E-state index contributed by atoms with van der Waals surface area (Å²) >= 11 is 5.87. The molecule has 2 N–H and O–H groups in total. The molecule has 0 radical (unpaired) electrons. The van der Waals surface area contributed by atoms with Crippen molar-refractivity contribution in [1.29, 1.82) is 0 Å². The van der Waals surface area contributed by atoms with Crippen molar-refractivity contribution in [3.63, 3.8) is 0 Å². The minimum atomic E-state index is 0.125. The normalized spacial score (nSPS) is 12.7. The first-order valence-electron chi connectivity index (χ1n) is 5.17. The molecule has 84 valence electrons. The summed E-state index contributed by atoms with van der Waals surface area (Å²) in [6, 6.07) is 7.88. The molecule has 1 unspecified atom stereocenters. The van der Waals surface area contributed by atoms with Crippen LogP contribution in [0.2, 0.25) is 5.02 Å². The molecule has 1 heterocycles. The lowest BCUT2D eigenvalue weighted by Gasteiger charge is -2.18. The van der Waals surface area contributed by atoms with Crippen LogP contribution in [0.4, 0.5) is 0 Å². The van der Waals surface area contributed by atoms with E-state index in [0.717, 1.165) is 16.4 Å². The van der Waals surface area contributed by atoms with Crippen LogP contribution in [0.3, 0.4) is 0 Å². The fourth-order valence-electron chi connectivity index (χ4n) is 1.81. The topological polar surface area (TPSA) is 43.8 Å². The Morgan fingerprint density at radius 2 is 2.06 bits per heavy atom. The predicted octanol–water partition coefficient (Wildman–Crippen LogP) is 2.39. The molecule has 0 bridgehead atoms. The van der Waals surface area contributed by atoms with Gasteiger partial charge in [-0.25, -0.2) is 4.98 Å². The van der Waals surface area contributed by atoms with Gasteiger partial charge < -0.3 is 10.3 Å². The van der Waals surface area contributed by atoms with Crippen LogP contribution in [0.15, 0.2) is 36.7 Å². The molecule has 0 aliphatic heterocycles. The van der Waals surface area contributed by atoms with Gasteiger partial charge in [-0.1, -0.05) is 23.7 Å². The summed E-state index contributed by atoms with van der Waals surface area (Å²) in [6.07, 6.45) is 3.73. The number of benzene rings is 1. The van der Waals surface area contributed by atoms with E-state index in [4.69, 9.17) is 17.3 Å². The second-order valence-corrected chi connectivity index (χ2v) is 4.12. The van der Waals surface area contributed by atoms with Crippen molar-refractivity contribution in [3.05, 3.63) is 53.1 Å². The summed E-state index contributed by atoms with van der Waals surface area (Å²) in [5.41, 5.74) is 6.97. The molecule has 16 heavy (non-hydrogen) atoms. The lowest BCUT2D eigenvalue weighted by Crippen LogP contribution is -2.20. The standard InChI is InChI=1S/C12H14ClN3/c1-9-15-6-7-16(9)12(8-14)10-2-4-11(13)5-3-10/h2-7,12H,8,14H2,1H3. The molecule has 0 saturated carbocycles. The number of aryl methyl sites for hydroxylation is 1. The van der Waals surface area contributed by atoms with E-state index in [1.807, 2.05) is 37.4 Å². The van der Waals surface area contributed by atoms with Crippen molar-refractivity contribution in [3.8, 4) is 0 Å². The number of aromatic nitrogens is 2. The summed E-state index contributed by atoms with van der Waals surface area (Å²) in [7, 11) is 0. The third-order valence-electron chi connectivity index (χ3n) is 2.68. The van der Waals surface area contributed by atoms with Crippen LogP contribution in [-0.2, 0) is 0 Å². The minimum absolute atomic E-state index is 0.125. The zero-order chi connectivity index (χ0) is 11.5. The molecule has 0 aliphatic carbocycles. The Labute approximate surface area is 99.9 Å². The minimum Gasteiger partial charge on any atom is -0.328 e. The second kappa shape index (κ2) is 4.68. The first kappa shape index (κ1) is 11.2. The fourth-order valence-corrected chi connectivity index (χ4v) is 1.94. The molecule has 0 saturated heterocycles. The summed E-state index contributed by atoms with van der Waals surface area (Å²) < 4.78 is 2.07. The highest BCUT2D eigenvalue weighted by Gasteiger charge is 2.12. The van der Waals surface area contributed by atoms with E-state index in [9.17, 15) is 0 Å². The quantitative estimate of drug-likeness (QED) is 0.888. The number of halogens is 1. The average Bonchev–Trinajstić information content (AvgIpc) is 2.69. The van der Waals surface area contributed by atoms with Crippen LogP contribution in [0.5, 0.6) is 0 Å². The average molecular weight is 236 g/mol. The lowest BCUT2D eigenvalue weighted by molar-refractivity contribution is 0.578. The molecule has 2 rings (SSSR count). The van der Waals surface area contributed by atoms with Crippen LogP contribution in [0, 0.1) is 6.92 Å². The van der Waals surface area contributed by atoms with E-state index in [0.29, 0.717) is 6.54 Å². The molecular weight excluding hydrogens is 222 g/mol. The van der Waals surface area contributed by atoms with Gasteiger partial charge in [-0.05, 0) is 24.6 Å². The van der Waals surface area contributed by atoms with Gasteiger partial charge in [0.1, 0.15) is 5.82 Å². The highest BCUT2D eigenvalue weighted by molar-refractivity contribution is 6.30.